The van der Waals surface area contributed by atoms with Crippen LogP contribution in [0.1, 0.15) is 28.3 Å². The molecule has 0 heterocycles. The van der Waals surface area contributed by atoms with Crippen LogP contribution >= 0.6 is 0 Å². The standard InChI is InChI=1S/C22H24N2O2/c1-26-20-13-11-19(12-14-20)22(24,18-9-7-16(15-25)8-10-18)21(23)17-5-3-2-4-6-17/h2-14,21,25H,15,23-24H2,1H3. The topological polar surface area (TPSA) is 81.5 Å². The first kappa shape index (κ1) is 18.1. The third kappa shape index (κ3) is 3.35. The van der Waals surface area contributed by atoms with E-state index in [1.807, 2.05) is 78.9 Å². The van der Waals surface area contributed by atoms with E-state index in [1.165, 1.54) is 0 Å². The molecule has 0 aliphatic heterocycles. The van der Waals surface area contributed by atoms with Crippen LogP contribution in [0.5, 0.6) is 5.75 Å². The van der Waals surface area contributed by atoms with Crippen molar-refractivity contribution in [3.8, 4) is 5.75 Å². The lowest BCUT2D eigenvalue weighted by Gasteiger charge is -2.37. The van der Waals surface area contributed by atoms with Gasteiger partial charge in [0.1, 0.15) is 5.75 Å². The monoisotopic (exact) mass is 348 g/mol. The molecular formula is C22H24N2O2. The highest BCUT2D eigenvalue weighted by atomic mass is 16.5. The van der Waals surface area contributed by atoms with Crippen LogP contribution in [-0.2, 0) is 12.1 Å². The van der Waals surface area contributed by atoms with Gasteiger partial charge in [-0.05, 0) is 34.4 Å². The fraction of sp³-hybridized carbons (Fsp3) is 0.182. The van der Waals surface area contributed by atoms with Gasteiger partial charge in [-0.25, -0.2) is 0 Å². The molecule has 0 amide bonds. The summed E-state index contributed by atoms with van der Waals surface area (Å²) >= 11 is 0. The van der Waals surface area contributed by atoms with Crippen molar-refractivity contribution in [2.75, 3.05) is 7.11 Å². The molecule has 0 spiro atoms. The van der Waals surface area contributed by atoms with Gasteiger partial charge in [0.15, 0.2) is 0 Å². The van der Waals surface area contributed by atoms with Crippen molar-refractivity contribution in [3.05, 3.63) is 101 Å². The molecule has 0 bridgehead atoms. The molecule has 134 valence electrons. The molecule has 3 rings (SSSR count). The van der Waals surface area contributed by atoms with Gasteiger partial charge in [-0.1, -0.05) is 66.7 Å². The molecule has 0 fully saturated rings. The van der Waals surface area contributed by atoms with Crippen molar-refractivity contribution in [3.63, 3.8) is 0 Å². The molecule has 0 radical (unpaired) electrons. The van der Waals surface area contributed by atoms with Gasteiger partial charge in [0, 0.05) is 0 Å². The van der Waals surface area contributed by atoms with Crippen LogP contribution in [0.3, 0.4) is 0 Å². The Bertz CT molecular complexity index is 783. The second-order valence-corrected chi connectivity index (χ2v) is 6.34. The van der Waals surface area contributed by atoms with E-state index in [0.717, 1.165) is 28.0 Å². The Balaban J connectivity index is 2.13. The maximum atomic E-state index is 9.32. The molecule has 4 heteroatoms. The number of rotatable bonds is 6. The van der Waals surface area contributed by atoms with Crippen LogP contribution < -0.4 is 16.2 Å². The summed E-state index contributed by atoms with van der Waals surface area (Å²) in [5, 5.41) is 9.32. The number of ether oxygens (including phenoxy) is 1. The number of hydrogen-bond acceptors (Lipinski definition) is 4. The molecule has 0 saturated carbocycles. The summed E-state index contributed by atoms with van der Waals surface area (Å²) < 4.78 is 5.26. The summed E-state index contributed by atoms with van der Waals surface area (Å²) in [5.41, 5.74) is 16.3. The quantitative estimate of drug-likeness (QED) is 0.639. The van der Waals surface area contributed by atoms with E-state index in [4.69, 9.17) is 16.2 Å². The van der Waals surface area contributed by atoms with Gasteiger partial charge in [-0.2, -0.15) is 0 Å². The summed E-state index contributed by atoms with van der Waals surface area (Å²) in [6.45, 7) is -0.00880. The van der Waals surface area contributed by atoms with Gasteiger partial charge >= 0.3 is 0 Å². The van der Waals surface area contributed by atoms with E-state index in [-0.39, 0.29) is 6.61 Å². The second-order valence-electron chi connectivity index (χ2n) is 6.34. The third-order valence-corrected chi connectivity index (χ3v) is 4.83. The number of hydrogen-bond donors (Lipinski definition) is 3. The first-order valence-electron chi connectivity index (χ1n) is 8.53. The zero-order valence-corrected chi connectivity index (χ0v) is 14.8. The Morgan fingerprint density at radius 1 is 0.885 bits per heavy atom. The maximum Gasteiger partial charge on any atom is 0.118 e. The molecule has 4 nitrogen and oxygen atoms in total. The SMILES string of the molecule is COc1ccc(C(N)(c2ccc(CO)cc2)C(N)c2ccccc2)cc1. The zero-order valence-electron chi connectivity index (χ0n) is 14.8. The Morgan fingerprint density at radius 2 is 1.42 bits per heavy atom. The lowest BCUT2D eigenvalue weighted by molar-refractivity contribution is 0.281. The number of aliphatic hydroxyl groups excluding tert-OH is 1. The Morgan fingerprint density at radius 3 is 1.92 bits per heavy atom. The van der Waals surface area contributed by atoms with Gasteiger partial charge in [0.05, 0.1) is 25.3 Å². The minimum atomic E-state index is -0.929. The molecule has 0 saturated heterocycles. The van der Waals surface area contributed by atoms with E-state index in [9.17, 15) is 5.11 Å². The highest BCUT2D eigenvalue weighted by Crippen LogP contribution is 2.38. The van der Waals surface area contributed by atoms with Crippen molar-refractivity contribution in [2.45, 2.75) is 18.2 Å². The Kier molecular flexibility index (Phi) is 5.38. The zero-order chi connectivity index (χ0) is 18.6. The molecular weight excluding hydrogens is 324 g/mol. The molecule has 2 atom stereocenters. The second kappa shape index (κ2) is 7.70. The van der Waals surface area contributed by atoms with E-state index in [2.05, 4.69) is 0 Å². The number of nitrogens with two attached hydrogens (primary N) is 2. The third-order valence-electron chi connectivity index (χ3n) is 4.83. The highest BCUT2D eigenvalue weighted by molar-refractivity contribution is 5.45. The molecule has 2 unspecified atom stereocenters. The van der Waals surface area contributed by atoms with Gasteiger partial charge in [-0.3, -0.25) is 0 Å². The number of methoxy groups -OCH3 is 1. The average Bonchev–Trinajstić information content (AvgIpc) is 2.73. The summed E-state index contributed by atoms with van der Waals surface area (Å²) in [6.07, 6.45) is 0. The molecule has 0 aliphatic rings. The Hall–Kier alpha value is -2.66. The van der Waals surface area contributed by atoms with Crippen LogP contribution in [-0.4, -0.2) is 12.2 Å². The van der Waals surface area contributed by atoms with E-state index in [0.29, 0.717) is 0 Å². The fourth-order valence-corrected chi connectivity index (χ4v) is 3.20. The number of benzene rings is 3. The normalized spacial score (nSPS) is 14.5. The van der Waals surface area contributed by atoms with E-state index < -0.39 is 11.6 Å². The molecule has 3 aromatic carbocycles. The van der Waals surface area contributed by atoms with Crippen LogP contribution in [0.4, 0.5) is 0 Å². The fourth-order valence-electron chi connectivity index (χ4n) is 3.20. The van der Waals surface area contributed by atoms with Gasteiger partial charge < -0.3 is 21.3 Å². The Labute approximate surface area is 154 Å². The molecule has 26 heavy (non-hydrogen) atoms. The van der Waals surface area contributed by atoms with Crippen molar-refractivity contribution >= 4 is 0 Å². The lowest BCUT2D eigenvalue weighted by Crippen LogP contribution is -2.47. The van der Waals surface area contributed by atoms with Crippen LogP contribution in [0, 0.1) is 0 Å². The smallest absolute Gasteiger partial charge is 0.118 e. The van der Waals surface area contributed by atoms with Gasteiger partial charge in [0.25, 0.3) is 0 Å². The highest BCUT2D eigenvalue weighted by Gasteiger charge is 2.37. The van der Waals surface area contributed by atoms with Crippen molar-refractivity contribution < 1.29 is 9.84 Å². The largest absolute Gasteiger partial charge is 0.497 e. The summed E-state index contributed by atoms with van der Waals surface area (Å²) in [7, 11) is 1.63. The first-order chi connectivity index (χ1) is 12.6. The van der Waals surface area contributed by atoms with Gasteiger partial charge in [-0.15, -0.1) is 0 Å². The van der Waals surface area contributed by atoms with Crippen molar-refractivity contribution in [1.29, 1.82) is 0 Å². The summed E-state index contributed by atoms with van der Waals surface area (Å²) in [4.78, 5) is 0. The average molecular weight is 348 g/mol. The maximum absolute atomic E-state index is 9.32. The summed E-state index contributed by atoms with van der Waals surface area (Å²) in [5.74, 6) is 0.764. The predicted molar refractivity (Wildman–Crippen MR) is 104 cm³/mol. The van der Waals surface area contributed by atoms with Crippen LogP contribution in [0.15, 0.2) is 78.9 Å². The van der Waals surface area contributed by atoms with E-state index >= 15 is 0 Å². The lowest BCUT2D eigenvalue weighted by atomic mass is 9.75. The molecule has 3 aromatic rings. The summed E-state index contributed by atoms with van der Waals surface area (Å²) in [6, 6.07) is 24.7. The van der Waals surface area contributed by atoms with Gasteiger partial charge in [0.2, 0.25) is 0 Å². The minimum absolute atomic E-state index is 0.00880. The predicted octanol–water partition coefficient (Wildman–Crippen LogP) is 3.09. The van der Waals surface area contributed by atoms with Crippen molar-refractivity contribution in [1.82, 2.24) is 0 Å². The van der Waals surface area contributed by atoms with E-state index in [1.54, 1.807) is 7.11 Å². The minimum Gasteiger partial charge on any atom is -0.497 e. The first-order valence-corrected chi connectivity index (χ1v) is 8.53. The van der Waals surface area contributed by atoms with Crippen LogP contribution in [0.2, 0.25) is 0 Å². The number of aliphatic hydroxyl groups is 1. The molecule has 0 aromatic heterocycles. The van der Waals surface area contributed by atoms with Crippen LogP contribution in [0.25, 0.3) is 0 Å². The molecule has 5 N–H and O–H groups in total. The molecule has 0 aliphatic carbocycles. The van der Waals surface area contributed by atoms with Crippen molar-refractivity contribution in [2.24, 2.45) is 11.5 Å².